The third kappa shape index (κ3) is 2.87. The van der Waals surface area contributed by atoms with Gasteiger partial charge in [-0.25, -0.2) is 0 Å². The molecule has 0 aromatic heterocycles. The minimum atomic E-state index is 0.377. The quantitative estimate of drug-likeness (QED) is 0.619. The molecular weight excluding hydrogens is 146 g/mol. The fourth-order valence-corrected chi connectivity index (χ4v) is 1.85. The molecule has 0 bridgehead atoms. The Hall–Kier alpha value is -0.480. The van der Waals surface area contributed by atoms with Crippen LogP contribution in [0.1, 0.15) is 46.0 Å². The van der Waals surface area contributed by atoms with Gasteiger partial charge in [0.05, 0.1) is 6.54 Å². The van der Waals surface area contributed by atoms with E-state index < -0.39 is 0 Å². The van der Waals surface area contributed by atoms with Gasteiger partial charge in [-0.2, -0.15) is 0 Å². The summed E-state index contributed by atoms with van der Waals surface area (Å²) in [5.41, 5.74) is 0.377. The molecule has 1 saturated carbocycles. The summed E-state index contributed by atoms with van der Waals surface area (Å²) in [6.07, 6.45) is 6.81. The highest BCUT2D eigenvalue weighted by Gasteiger charge is 2.24. The Kier molecular flexibility index (Phi) is 3.62. The minimum absolute atomic E-state index is 0.377. The van der Waals surface area contributed by atoms with E-state index in [1.54, 1.807) is 0 Å². The number of hydrogen-bond donors (Lipinski definition) is 1. The van der Waals surface area contributed by atoms with Gasteiger partial charge in [0.2, 0.25) is 0 Å². The van der Waals surface area contributed by atoms with Gasteiger partial charge < -0.3 is 5.32 Å². The molecule has 1 nitrogen and oxygen atoms in total. The van der Waals surface area contributed by atoms with E-state index in [4.69, 9.17) is 0 Å². The smallest absolute Gasteiger partial charge is 0.0580 e. The second-order valence-corrected chi connectivity index (χ2v) is 3.90. The lowest BCUT2D eigenvalue weighted by molar-refractivity contribution is 0.264. The van der Waals surface area contributed by atoms with Crippen molar-refractivity contribution in [2.24, 2.45) is 0 Å². The van der Waals surface area contributed by atoms with Crippen molar-refractivity contribution in [2.45, 2.75) is 51.5 Å². The van der Waals surface area contributed by atoms with E-state index in [-0.39, 0.29) is 0 Å². The minimum Gasteiger partial charge on any atom is -0.301 e. The Balaban J connectivity index is 2.29. The van der Waals surface area contributed by atoms with Gasteiger partial charge >= 0.3 is 0 Å². The first kappa shape index (κ1) is 9.61. The van der Waals surface area contributed by atoms with Gasteiger partial charge in [0.1, 0.15) is 0 Å². The number of hydrogen-bond acceptors (Lipinski definition) is 1. The van der Waals surface area contributed by atoms with Crippen LogP contribution >= 0.6 is 0 Å². The van der Waals surface area contributed by atoms with E-state index >= 15 is 0 Å². The van der Waals surface area contributed by atoms with Crippen LogP contribution in [0.5, 0.6) is 0 Å². The fraction of sp³-hybridized carbons (Fsp3) is 0.818. The Morgan fingerprint density at radius 2 is 1.92 bits per heavy atom. The molecule has 0 aromatic carbocycles. The lowest BCUT2D eigenvalue weighted by Crippen LogP contribution is -2.43. The van der Waals surface area contributed by atoms with E-state index in [0.29, 0.717) is 5.54 Å². The van der Waals surface area contributed by atoms with Crippen LogP contribution in [-0.4, -0.2) is 12.1 Å². The summed E-state index contributed by atoms with van der Waals surface area (Å²) in [6, 6.07) is 0. The second-order valence-electron chi connectivity index (χ2n) is 3.90. The van der Waals surface area contributed by atoms with Gasteiger partial charge in [-0.05, 0) is 26.7 Å². The predicted molar refractivity (Wildman–Crippen MR) is 52.9 cm³/mol. The summed E-state index contributed by atoms with van der Waals surface area (Å²) in [5, 5.41) is 3.53. The Labute approximate surface area is 75.9 Å². The van der Waals surface area contributed by atoms with Crippen LogP contribution in [0, 0.1) is 11.8 Å². The third-order valence-corrected chi connectivity index (χ3v) is 2.74. The highest BCUT2D eigenvalue weighted by atomic mass is 15.0. The van der Waals surface area contributed by atoms with Gasteiger partial charge in [-0.3, -0.25) is 0 Å². The molecule has 1 N–H and O–H groups in total. The van der Waals surface area contributed by atoms with Crippen LogP contribution < -0.4 is 5.32 Å². The average molecular weight is 165 g/mol. The van der Waals surface area contributed by atoms with Crippen LogP contribution in [0.4, 0.5) is 0 Å². The standard InChI is InChI=1S/C11H19N/c1-3-4-10-12-11(2)8-6-5-7-9-11/h12H,5-10H2,1-2H3. The maximum Gasteiger partial charge on any atom is 0.0580 e. The molecule has 0 saturated heterocycles. The summed E-state index contributed by atoms with van der Waals surface area (Å²) >= 11 is 0. The number of nitrogens with one attached hydrogen (secondary N) is 1. The zero-order valence-corrected chi connectivity index (χ0v) is 8.24. The molecule has 1 heteroatoms. The van der Waals surface area contributed by atoms with Crippen molar-refractivity contribution in [3.05, 3.63) is 0 Å². The van der Waals surface area contributed by atoms with Crippen LogP contribution in [0.3, 0.4) is 0 Å². The lowest BCUT2D eigenvalue weighted by Gasteiger charge is -2.34. The predicted octanol–water partition coefficient (Wildman–Crippen LogP) is 2.32. The molecule has 0 atom stereocenters. The molecule has 0 spiro atoms. The van der Waals surface area contributed by atoms with Crippen LogP contribution in [0.15, 0.2) is 0 Å². The first-order valence-electron chi connectivity index (χ1n) is 4.91. The summed E-state index contributed by atoms with van der Waals surface area (Å²) in [6.45, 7) is 5.07. The van der Waals surface area contributed by atoms with Gasteiger partial charge in [-0.1, -0.05) is 25.2 Å². The highest BCUT2D eigenvalue weighted by molar-refractivity contribution is 5.00. The van der Waals surface area contributed by atoms with Crippen molar-refractivity contribution >= 4 is 0 Å². The van der Waals surface area contributed by atoms with E-state index in [0.717, 1.165) is 6.54 Å². The molecule has 1 aliphatic rings. The monoisotopic (exact) mass is 165 g/mol. The molecule has 12 heavy (non-hydrogen) atoms. The van der Waals surface area contributed by atoms with Gasteiger partial charge in [0.15, 0.2) is 0 Å². The largest absolute Gasteiger partial charge is 0.301 e. The zero-order chi connectivity index (χ0) is 8.86. The maximum atomic E-state index is 3.53. The van der Waals surface area contributed by atoms with E-state index in [1.807, 2.05) is 6.92 Å². The zero-order valence-electron chi connectivity index (χ0n) is 8.24. The summed E-state index contributed by atoms with van der Waals surface area (Å²) in [7, 11) is 0. The second kappa shape index (κ2) is 4.52. The molecule has 1 aliphatic carbocycles. The van der Waals surface area contributed by atoms with E-state index in [1.165, 1.54) is 32.1 Å². The van der Waals surface area contributed by atoms with Gasteiger partial charge in [-0.15, -0.1) is 5.92 Å². The molecule has 1 rings (SSSR count). The SMILES string of the molecule is CC#CCNC1(C)CCCCC1. The molecular formula is C11H19N. The van der Waals surface area contributed by atoms with Crippen molar-refractivity contribution in [2.75, 3.05) is 6.54 Å². The molecule has 0 aromatic rings. The summed E-state index contributed by atoms with van der Waals surface area (Å²) in [5.74, 6) is 5.97. The van der Waals surface area contributed by atoms with Crippen LogP contribution in [-0.2, 0) is 0 Å². The molecule has 68 valence electrons. The molecule has 0 heterocycles. The first-order chi connectivity index (χ1) is 5.77. The lowest BCUT2D eigenvalue weighted by atomic mass is 9.83. The fourth-order valence-electron chi connectivity index (χ4n) is 1.85. The summed E-state index contributed by atoms with van der Waals surface area (Å²) in [4.78, 5) is 0. The first-order valence-corrected chi connectivity index (χ1v) is 4.91. The van der Waals surface area contributed by atoms with Gasteiger partial charge in [0.25, 0.3) is 0 Å². The molecule has 0 amide bonds. The van der Waals surface area contributed by atoms with Crippen molar-refractivity contribution in [1.82, 2.24) is 5.32 Å². The van der Waals surface area contributed by atoms with Crippen molar-refractivity contribution in [1.29, 1.82) is 0 Å². The molecule has 1 fully saturated rings. The maximum absolute atomic E-state index is 3.53. The Bertz CT molecular complexity index is 179. The third-order valence-electron chi connectivity index (χ3n) is 2.74. The van der Waals surface area contributed by atoms with Crippen LogP contribution in [0.25, 0.3) is 0 Å². The van der Waals surface area contributed by atoms with Crippen molar-refractivity contribution in [3.8, 4) is 11.8 Å². The topological polar surface area (TPSA) is 12.0 Å². The van der Waals surface area contributed by atoms with Gasteiger partial charge in [0, 0.05) is 5.54 Å². The summed E-state index contributed by atoms with van der Waals surface area (Å²) < 4.78 is 0. The highest BCUT2D eigenvalue weighted by Crippen LogP contribution is 2.26. The molecule has 0 radical (unpaired) electrons. The normalized spacial score (nSPS) is 21.2. The van der Waals surface area contributed by atoms with E-state index in [9.17, 15) is 0 Å². The molecule has 0 unspecified atom stereocenters. The van der Waals surface area contributed by atoms with Crippen molar-refractivity contribution < 1.29 is 0 Å². The Morgan fingerprint density at radius 3 is 2.50 bits per heavy atom. The van der Waals surface area contributed by atoms with Crippen molar-refractivity contribution in [3.63, 3.8) is 0 Å². The van der Waals surface area contributed by atoms with Crippen LogP contribution in [0.2, 0.25) is 0 Å². The average Bonchev–Trinajstić information content (AvgIpc) is 2.06. The number of rotatable bonds is 2. The van der Waals surface area contributed by atoms with E-state index in [2.05, 4.69) is 24.1 Å². The Morgan fingerprint density at radius 1 is 1.25 bits per heavy atom. The molecule has 0 aliphatic heterocycles.